The number of piperidine rings is 1. The van der Waals surface area contributed by atoms with Gasteiger partial charge in [-0.05, 0) is 64.1 Å². The van der Waals surface area contributed by atoms with Gasteiger partial charge in [-0.3, -0.25) is 4.90 Å². The van der Waals surface area contributed by atoms with Gasteiger partial charge in [0.2, 0.25) is 0 Å². The van der Waals surface area contributed by atoms with Crippen molar-refractivity contribution in [3.8, 4) is 0 Å². The van der Waals surface area contributed by atoms with Crippen molar-refractivity contribution in [2.75, 3.05) is 45.8 Å². The van der Waals surface area contributed by atoms with Gasteiger partial charge in [0.15, 0.2) is 0 Å². The summed E-state index contributed by atoms with van der Waals surface area (Å²) in [6, 6.07) is 0. The Morgan fingerprint density at radius 2 is 1.52 bits per heavy atom. The number of hydrogen-bond donors (Lipinski definition) is 1. The Morgan fingerprint density at radius 1 is 0.952 bits per heavy atom. The van der Waals surface area contributed by atoms with Gasteiger partial charge in [-0.1, -0.05) is 20.8 Å². The largest absolute Gasteiger partial charge is 0.317 e. The summed E-state index contributed by atoms with van der Waals surface area (Å²) in [6.45, 7) is 20.8. The van der Waals surface area contributed by atoms with Gasteiger partial charge in [-0.15, -0.1) is 0 Å². The Labute approximate surface area is 132 Å². The van der Waals surface area contributed by atoms with Gasteiger partial charge < -0.3 is 10.2 Å². The van der Waals surface area contributed by atoms with E-state index in [0.717, 1.165) is 5.92 Å². The zero-order valence-electron chi connectivity index (χ0n) is 15.0. The molecule has 21 heavy (non-hydrogen) atoms. The predicted octanol–water partition coefficient (Wildman–Crippen LogP) is 2.82. The number of hydrogen-bond acceptors (Lipinski definition) is 3. The SMILES string of the molecule is CCN1CCN(C(C)(C)CC(C)(C)C2CCNCC2)CC1. The van der Waals surface area contributed by atoms with Crippen LogP contribution in [0.5, 0.6) is 0 Å². The van der Waals surface area contributed by atoms with E-state index < -0.39 is 0 Å². The van der Waals surface area contributed by atoms with Gasteiger partial charge >= 0.3 is 0 Å². The Balaban J connectivity index is 1.92. The zero-order valence-corrected chi connectivity index (χ0v) is 15.0. The minimum atomic E-state index is 0.328. The zero-order chi connectivity index (χ0) is 15.5. The monoisotopic (exact) mass is 295 g/mol. The normalized spacial score (nSPS) is 24.4. The van der Waals surface area contributed by atoms with Crippen molar-refractivity contribution in [1.29, 1.82) is 0 Å². The second-order valence-corrected chi connectivity index (χ2v) is 8.42. The van der Waals surface area contributed by atoms with Gasteiger partial charge in [0.1, 0.15) is 0 Å². The Morgan fingerprint density at radius 3 is 2.05 bits per heavy atom. The van der Waals surface area contributed by atoms with Crippen molar-refractivity contribution in [2.45, 2.75) is 59.4 Å². The molecule has 0 aromatic carbocycles. The van der Waals surface area contributed by atoms with Crippen LogP contribution in [0.25, 0.3) is 0 Å². The minimum absolute atomic E-state index is 0.328. The molecule has 1 N–H and O–H groups in total. The maximum atomic E-state index is 3.51. The highest BCUT2D eigenvalue weighted by Gasteiger charge is 2.39. The lowest BCUT2D eigenvalue weighted by Gasteiger charge is -2.49. The van der Waals surface area contributed by atoms with E-state index in [-0.39, 0.29) is 0 Å². The molecule has 2 aliphatic heterocycles. The van der Waals surface area contributed by atoms with Crippen molar-refractivity contribution in [1.82, 2.24) is 15.1 Å². The summed E-state index contributed by atoms with van der Waals surface area (Å²) in [6.07, 6.45) is 4.02. The first kappa shape index (κ1) is 17.2. The van der Waals surface area contributed by atoms with Gasteiger partial charge in [0.05, 0.1) is 0 Å². The first-order valence-electron chi connectivity index (χ1n) is 9.03. The molecule has 0 aromatic heterocycles. The summed E-state index contributed by atoms with van der Waals surface area (Å²) in [4.78, 5) is 5.31. The van der Waals surface area contributed by atoms with Crippen molar-refractivity contribution in [3.05, 3.63) is 0 Å². The van der Waals surface area contributed by atoms with Gasteiger partial charge in [0.25, 0.3) is 0 Å². The van der Waals surface area contributed by atoms with E-state index in [1.807, 2.05) is 0 Å². The van der Waals surface area contributed by atoms with Crippen LogP contribution in [0.1, 0.15) is 53.9 Å². The number of nitrogens with one attached hydrogen (secondary N) is 1. The molecule has 0 atom stereocenters. The molecule has 0 amide bonds. The number of piperazine rings is 1. The second kappa shape index (κ2) is 6.97. The first-order valence-corrected chi connectivity index (χ1v) is 9.03. The first-order chi connectivity index (χ1) is 9.85. The van der Waals surface area contributed by atoms with Gasteiger partial charge in [-0.25, -0.2) is 0 Å². The topological polar surface area (TPSA) is 18.5 Å². The van der Waals surface area contributed by atoms with Crippen LogP contribution in [0.15, 0.2) is 0 Å². The molecule has 0 saturated carbocycles. The minimum Gasteiger partial charge on any atom is -0.317 e. The molecule has 2 rings (SSSR count). The van der Waals surface area contributed by atoms with E-state index >= 15 is 0 Å². The highest BCUT2D eigenvalue weighted by atomic mass is 15.3. The summed E-state index contributed by atoms with van der Waals surface area (Å²) in [5.74, 6) is 0.884. The average molecular weight is 296 g/mol. The fourth-order valence-corrected chi connectivity index (χ4v) is 4.64. The van der Waals surface area contributed by atoms with Crippen LogP contribution in [0.2, 0.25) is 0 Å². The van der Waals surface area contributed by atoms with Crippen LogP contribution in [0.3, 0.4) is 0 Å². The Bertz CT molecular complexity index is 310. The van der Waals surface area contributed by atoms with Crippen LogP contribution in [-0.2, 0) is 0 Å². The number of likely N-dealkylation sites (N-methyl/N-ethyl adjacent to an activating group) is 1. The molecular weight excluding hydrogens is 258 g/mol. The molecule has 3 nitrogen and oxygen atoms in total. The lowest BCUT2D eigenvalue weighted by molar-refractivity contribution is 0.00817. The summed E-state index contributed by atoms with van der Waals surface area (Å²) in [5.41, 5.74) is 0.779. The van der Waals surface area contributed by atoms with Crippen LogP contribution < -0.4 is 5.32 Å². The highest BCUT2D eigenvalue weighted by molar-refractivity contribution is 4.93. The Hall–Kier alpha value is -0.120. The molecule has 3 heteroatoms. The summed E-state index contributed by atoms with van der Waals surface area (Å²) in [7, 11) is 0. The van der Waals surface area contributed by atoms with E-state index in [2.05, 4.69) is 49.7 Å². The van der Waals surface area contributed by atoms with Crippen molar-refractivity contribution in [2.24, 2.45) is 11.3 Å². The van der Waals surface area contributed by atoms with E-state index in [4.69, 9.17) is 0 Å². The molecule has 2 fully saturated rings. The second-order valence-electron chi connectivity index (χ2n) is 8.42. The maximum absolute atomic E-state index is 3.51. The molecule has 0 unspecified atom stereocenters. The van der Waals surface area contributed by atoms with E-state index in [1.165, 1.54) is 65.1 Å². The third kappa shape index (κ3) is 4.43. The molecule has 2 aliphatic rings. The third-order valence-electron chi connectivity index (χ3n) is 6.01. The Kier molecular flexibility index (Phi) is 5.72. The van der Waals surface area contributed by atoms with E-state index in [9.17, 15) is 0 Å². The summed E-state index contributed by atoms with van der Waals surface area (Å²) in [5, 5.41) is 3.51. The maximum Gasteiger partial charge on any atom is 0.0159 e. The van der Waals surface area contributed by atoms with Crippen LogP contribution >= 0.6 is 0 Å². The van der Waals surface area contributed by atoms with Gasteiger partial charge in [0, 0.05) is 31.7 Å². The molecule has 124 valence electrons. The lowest BCUT2D eigenvalue weighted by atomic mass is 9.67. The molecular formula is C18H37N3. The molecule has 0 spiro atoms. The van der Waals surface area contributed by atoms with Gasteiger partial charge in [-0.2, -0.15) is 0 Å². The van der Waals surface area contributed by atoms with Crippen molar-refractivity contribution in [3.63, 3.8) is 0 Å². The smallest absolute Gasteiger partial charge is 0.0159 e. The quantitative estimate of drug-likeness (QED) is 0.841. The third-order valence-corrected chi connectivity index (χ3v) is 6.01. The molecule has 2 heterocycles. The van der Waals surface area contributed by atoms with E-state index in [1.54, 1.807) is 0 Å². The van der Waals surface area contributed by atoms with E-state index in [0.29, 0.717) is 11.0 Å². The molecule has 0 aliphatic carbocycles. The van der Waals surface area contributed by atoms with Crippen molar-refractivity contribution < 1.29 is 0 Å². The molecule has 2 saturated heterocycles. The fourth-order valence-electron chi connectivity index (χ4n) is 4.64. The summed E-state index contributed by atoms with van der Waals surface area (Å²) < 4.78 is 0. The number of nitrogens with zero attached hydrogens (tertiary/aromatic N) is 2. The predicted molar refractivity (Wildman–Crippen MR) is 91.8 cm³/mol. The van der Waals surface area contributed by atoms with Crippen LogP contribution in [0.4, 0.5) is 0 Å². The summed E-state index contributed by atoms with van der Waals surface area (Å²) >= 11 is 0. The average Bonchev–Trinajstić information content (AvgIpc) is 2.47. The highest BCUT2D eigenvalue weighted by Crippen LogP contribution is 2.41. The number of rotatable bonds is 5. The van der Waals surface area contributed by atoms with Crippen LogP contribution in [0, 0.1) is 11.3 Å². The lowest BCUT2D eigenvalue weighted by Crippen LogP contribution is -2.56. The molecule has 0 aromatic rings. The van der Waals surface area contributed by atoms with Crippen LogP contribution in [-0.4, -0.2) is 61.2 Å². The molecule has 0 radical (unpaired) electrons. The standard InChI is InChI=1S/C18H37N3/c1-6-20-11-13-21(14-12-20)18(4,5)15-17(2,3)16-7-9-19-10-8-16/h16,19H,6-15H2,1-5H3. The fraction of sp³-hybridized carbons (Fsp3) is 1.00. The van der Waals surface area contributed by atoms with Crippen molar-refractivity contribution >= 4 is 0 Å². The molecule has 0 bridgehead atoms.